The lowest BCUT2D eigenvalue weighted by molar-refractivity contribution is -0.119. The summed E-state index contributed by atoms with van der Waals surface area (Å²) in [7, 11) is 0. The fourth-order valence-electron chi connectivity index (χ4n) is 3.30. The van der Waals surface area contributed by atoms with Crippen LogP contribution in [0.4, 0.5) is 10.5 Å². The summed E-state index contributed by atoms with van der Waals surface area (Å²) in [4.78, 5) is 25.4. The molecule has 2 heterocycles. The fraction of sp³-hybridized carbons (Fsp3) is 0.471. The van der Waals surface area contributed by atoms with E-state index in [0.717, 1.165) is 36.0 Å². The summed E-state index contributed by atoms with van der Waals surface area (Å²) in [5, 5.41) is 8.31. The first-order valence-corrected chi connectivity index (χ1v) is 8.36. The molecular weight excluding hydrogens is 306 g/mol. The SMILES string of the molecule is CCn1ncc2ccc(NC(=O)N3CCCC(CC(N)=O)C3)cc21. The van der Waals surface area contributed by atoms with E-state index in [9.17, 15) is 9.59 Å². The number of nitrogens with zero attached hydrogens (tertiary/aromatic N) is 3. The van der Waals surface area contributed by atoms with Gasteiger partial charge in [0.25, 0.3) is 0 Å². The zero-order valence-corrected chi connectivity index (χ0v) is 13.9. The van der Waals surface area contributed by atoms with Crippen LogP contribution in [0, 0.1) is 5.92 Å². The maximum absolute atomic E-state index is 12.5. The van der Waals surface area contributed by atoms with Gasteiger partial charge in [0.2, 0.25) is 5.91 Å². The van der Waals surface area contributed by atoms with Gasteiger partial charge in [-0.1, -0.05) is 0 Å². The van der Waals surface area contributed by atoms with Crippen molar-refractivity contribution in [3.8, 4) is 0 Å². The van der Waals surface area contributed by atoms with Crippen LogP contribution in [-0.2, 0) is 11.3 Å². The zero-order valence-electron chi connectivity index (χ0n) is 13.9. The van der Waals surface area contributed by atoms with Gasteiger partial charge in [0, 0.05) is 37.1 Å². The van der Waals surface area contributed by atoms with Gasteiger partial charge < -0.3 is 16.0 Å². The first-order valence-electron chi connectivity index (χ1n) is 8.36. The van der Waals surface area contributed by atoms with E-state index in [1.54, 1.807) is 4.90 Å². The van der Waals surface area contributed by atoms with Crippen molar-refractivity contribution < 1.29 is 9.59 Å². The molecule has 3 N–H and O–H groups in total. The van der Waals surface area contributed by atoms with Gasteiger partial charge in [-0.15, -0.1) is 0 Å². The summed E-state index contributed by atoms with van der Waals surface area (Å²) in [5.74, 6) is -0.147. The summed E-state index contributed by atoms with van der Waals surface area (Å²) in [5.41, 5.74) is 7.02. The van der Waals surface area contributed by atoms with Gasteiger partial charge >= 0.3 is 6.03 Å². The van der Waals surface area contributed by atoms with Crippen LogP contribution < -0.4 is 11.1 Å². The summed E-state index contributed by atoms with van der Waals surface area (Å²) in [6.45, 7) is 4.09. The Balaban J connectivity index is 1.68. The van der Waals surface area contributed by atoms with Crippen LogP contribution in [0.15, 0.2) is 24.4 Å². The Bertz CT molecular complexity index is 755. The van der Waals surface area contributed by atoms with Gasteiger partial charge in [-0.3, -0.25) is 9.48 Å². The Kier molecular flexibility index (Phi) is 4.69. The summed E-state index contributed by atoms with van der Waals surface area (Å²) in [6.07, 6.45) is 4.00. The molecule has 24 heavy (non-hydrogen) atoms. The number of likely N-dealkylation sites (tertiary alicyclic amines) is 1. The van der Waals surface area contributed by atoms with E-state index in [4.69, 9.17) is 5.73 Å². The number of carbonyl (C=O) groups is 2. The number of hydrogen-bond donors (Lipinski definition) is 2. The maximum atomic E-state index is 12.5. The van der Waals surface area contributed by atoms with Crippen molar-refractivity contribution in [2.24, 2.45) is 11.7 Å². The van der Waals surface area contributed by atoms with Crippen molar-refractivity contribution >= 4 is 28.5 Å². The maximum Gasteiger partial charge on any atom is 0.321 e. The number of hydrogen-bond acceptors (Lipinski definition) is 3. The quantitative estimate of drug-likeness (QED) is 0.900. The lowest BCUT2D eigenvalue weighted by Gasteiger charge is -2.32. The monoisotopic (exact) mass is 329 g/mol. The molecule has 0 bridgehead atoms. The summed E-state index contributed by atoms with van der Waals surface area (Å²) in [6, 6.07) is 5.64. The third-order valence-electron chi connectivity index (χ3n) is 4.49. The van der Waals surface area contributed by atoms with Crippen LogP contribution in [0.3, 0.4) is 0 Å². The van der Waals surface area contributed by atoms with E-state index < -0.39 is 0 Å². The average Bonchev–Trinajstić information content (AvgIpc) is 2.96. The third kappa shape index (κ3) is 3.50. The minimum Gasteiger partial charge on any atom is -0.370 e. The Morgan fingerprint density at radius 3 is 3.00 bits per heavy atom. The van der Waals surface area contributed by atoms with Gasteiger partial charge in [0.15, 0.2) is 0 Å². The second-order valence-corrected chi connectivity index (χ2v) is 6.29. The zero-order chi connectivity index (χ0) is 17.1. The van der Waals surface area contributed by atoms with Crippen LogP contribution >= 0.6 is 0 Å². The molecule has 1 aromatic heterocycles. The van der Waals surface area contributed by atoms with E-state index in [2.05, 4.69) is 10.4 Å². The number of nitrogens with one attached hydrogen (secondary N) is 1. The fourth-order valence-corrected chi connectivity index (χ4v) is 3.30. The van der Waals surface area contributed by atoms with Gasteiger partial charge in [-0.05, 0) is 43.9 Å². The molecule has 1 atom stereocenters. The molecule has 2 aromatic rings. The number of carbonyl (C=O) groups excluding carboxylic acids is 2. The molecule has 1 unspecified atom stereocenters. The highest BCUT2D eigenvalue weighted by atomic mass is 16.2. The van der Waals surface area contributed by atoms with Crippen LogP contribution in [-0.4, -0.2) is 39.7 Å². The largest absolute Gasteiger partial charge is 0.370 e. The summed E-state index contributed by atoms with van der Waals surface area (Å²) < 4.78 is 1.90. The average molecular weight is 329 g/mol. The number of rotatable bonds is 4. The number of piperidine rings is 1. The van der Waals surface area contributed by atoms with E-state index in [-0.39, 0.29) is 17.9 Å². The Labute approximate surface area is 140 Å². The molecule has 1 aliphatic heterocycles. The smallest absolute Gasteiger partial charge is 0.321 e. The van der Waals surface area contributed by atoms with Gasteiger partial charge in [-0.2, -0.15) is 5.10 Å². The number of aromatic nitrogens is 2. The van der Waals surface area contributed by atoms with Gasteiger partial charge in [-0.25, -0.2) is 4.79 Å². The number of nitrogens with two attached hydrogens (primary N) is 1. The molecule has 0 radical (unpaired) electrons. The molecule has 0 aliphatic carbocycles. The lowest BCUT2D eigenvalue weighted by Crippen LogP contribution is -2.43. The second kappa shape index (κ2) is 6.90. The third-order valence-corrected chi connectivity index (χ3v) is 4.49. The Hall–Kier alpha value is -2.57. The molecule has 1 saturated heterocycles. The highest BCUT2D eigenvalue weighted by Crippen LogP contribution is 2.22. The minimum atomic E-state index is -0.305. The van der Waals surface area contributed by atoms with Crippen molar-refractivity contribution in [2.45, 2.75) is 32.7 Å². The molecule has 1 aromatic carbocycles. The number of primary amides is 1. The van der Waals surface area contributed by atoms with Crippen molar-refractivity contribution in [1.82, 2.24) is 14.7 Å². The predicted octanol–water partition coefficient (Wildman–Crippen LogP) is 2.18. The molecule has 128 valence electrons. The first kappa shape index (κ1) is 16.3. The molecule has 1 fully saturated rings. The van der Waals surface area contributed by atoms with Crippen molar-refractivity contribution in [3.63, 3.8) is 0 Å². The van der Waals surface area contributed by atoms with Crippen molar-refractivity contribution in [1.29, 1.82) is 0 Å². The van der Waals surface area contributed by atoms with E-state index >= 15 is 0 Å². The molecule has 7 heteroatoms. The number of amides is 3. The molecule has 0 saturated carbocycles. The molecule has 1 aliphatic rings. The highest BCUT2D eigenvalue weighted by molar-refractivity contribution is 5.92. The highest BCUT2D eigenvalue weighted by Gasteiger charge is 2.24. The van der Waals surface area contributed by atoms with E-state index in [1.165, 1.54) is 0 Å². The molecule has 0 spiro atoms. The molecular formula is C17H23N5O2. The van der Waals surface area contributed by atoms with E-state index in [1.807, 2.05) is 36.0 Å². The number of aryl methyl sites for hydroxylation is 1. The minimum absolute atomic E-state index is 0.133. The van der Waals surface area contributed by atoms with Crippen molar-refractivity contribution in [3.05, 3.63) is 24.4 Å². The number of fused-ring (bicyclic) bond motifs is 1. The van der Waals surface area contributed by atoms with Crippen LogP contribution in [0.5, 0.6) is 0 Å². The van der Waals surface area contributed by atoms with E-state index in [0.29, 0.717) is 19.5 Å². The van der Waals surface area contributed by atoms with Crippen LogP contribution in [0.1, 0.15) is 26.2 Å². The lowest BCUT2D eigenvalue weighted by atomic mass is 9.95. The first-order chi connectivity index (χ1) is 11.6. The predicted molar refractivity (Wildman–Crippen MR) is 92.5 cm³/mol. The Morgan fingerprint density at radius 1 is 1.42 bits per heavy atom. The van der Waals surface area contributed by atoms with Crippen molar-refractivity contribution in [2.75, 3.05) is 18.4 Å². The number of anilines is 1. The normalized spacial score (nSPS) is 17.9. The Morgan fingerprint density at radius 2 is 2.25 bits per heavy atom. The van der Waals surface area contributed by atoms with Crippen LogP contribution in [0.25, 0.3) is 10.9 Å². The molecule has 3 amide bonds. The van der Waals surface area contributed by atoms with Crippen LogP contribution in [0.2, 0.25) is 0 Å². The molecule has 7 nitrogen and oxygen atoms in total. The molecule has 3 rings (SSSR count). The van der Waals surface area contributed by atoms with Gasteiger partial charge in [0.05, 0.1) is 11.7 Å². The standard InChI is InChI=1S/C17H23N5O2/c1-2-22-15-9-14(6-5-13(15)10-19-22)20-17(24)21-7-3-4-12(11-21)8-16(18)23/h5-6,9-10,12H,2-4,7-8,11H2,1H3,(H2,18,23)(H,20,24). The number of benzene rings is 1. The topological polar surface area (TPSA) is 93.2 Å². The number of urea groups is 1. The summed E-state index contributed by atoms with van der Waals surface area (Å²) >= 11 is 0. The second-order valence-electron chi connectivity index (χ2n) is 6.29. The van der Waals surface area contributed by atoms with Gasteiger partial charge in [0.1, 0.15) is 0 Å².